The van der Waals surface area contributed by atoms with Crippen molar-refractivity contribution < 1.29 is 9.59 Å². The fraction of sp³-hybridized carbons (Fsp3) is 0. The number of benzene rings is 1. The minimum Gasteiger partial charge on any atom is -0.364 e. The van der Waals surface area contributed by atoms with Gasteiger partial charge in [0.1, 0.15) is 11.4 Å². The number of hydrogen-bond acceptors (Lipinski definition) is 5. The Morgan fingerprint density at radius 3 is 2.68 bits per heavy atom. The summed E-state index contributed by atoms with van der Waals surface area (Å²) in [6.07, 6.45) is 3.20. The number of hydrogen-bond donors (Lipinski definition) is 4. The van der Waals surface area contributed by atoms with E-state index in [-0.39, 0.29) is 5.91 Å². The fourth-order valence-electron chi connectivity index (χ4n) is 2.68. The molecule has 3 heterocycles. The molecule has 28 heavy (non-hydrogen) atoms. The molecule has 0 unspecified atom stereocenters. The molecule has 10 heteroatoms. The number of rotatable bonds is 5. The Hall–Kier alpha value is -3.50. The van der Waals surface area contributed by atoms with Crippen LogP contribution in [0.4, 0.5) is 5.13 Å². The molecule has 4 aromatic rings. The minimum atomic E-state index is -0.548. The summed E-state index contributed by atoms with van der Waals surface area (Å²) in [5.74, 6) is -0.892. The summed E-state index contributed by atoms with van der Waals surface area (Å²) in [5.41, 5.74) is 8.02. The number of nitrogens with two attached hydrogens (primary N) is 1. The SMILES string of the molecule is NC(=O)c1cc(-c2csc(NC(=O)c3c[nH]c(=S)n3-c3ccccc3)n2)c[nH]1. The quantitative estimate of drug-likeness (QED) is 0.377. The average Bonchev–Trinajstić information content (AvgIpc) is 3.41. The summed E-state index contributed by atoms with van der Waals surface area (Å²) in [4.78, 5) is 34.1. The third kappa shape index (κ3) is 3.38. The van der Waals surface area contributed by atoms with Gasteiger partial charge in [0.25, 0.3) is 11.8 Å². The molecule has 3 aromatic heterocycles. The van der Waals surface area contributed by atoms with Gasteiger partial charge in [-0.1, -0.05) is 18.2 Å². The molecule has 8 nitrogen and oxygen atoms in total. The topological polar surface area (TPSA) is 122 Å². The van der Waals surface area contributed by atoms with E-state index in [1.165, 1.54) is 11.3 Å². The van der Waals surface area contributed by atoms with E-state index in [0.29, 0.717) is 32.5 Å². The summed E-state index contributed by atoms with van der Waals surface area (Å²) in [6, 6.07) is 11.0. The van der Waals surface area contributed by atoms with Crippen LogP contribution in [-0.2, 0) is 0 Å². The molecule has 4 rings (SSSR count). The Bertz CT molecular complexity index is 1220. The maximum Gasteiger partial charge on any atom is 0.276 e. The third-order valence-corrected chi connectivity index (χ3v) is 5.05. The van der Waals surface area contributed by atoms with Crippen LogP contribution >= 0.6 is 23.6 Å². The van der Waals surface area contributed by atoms with E-state index < -0.39 is 5.91 Å². The first-order valence-electron chi connectivity index (χ1n) is 8.14. The first kappa shape index (κ1) is 17.9. The number of para-hydroxylation sites is 1. The van der Waals surface area contributed by atoms with E-state index >= 15 is 0 Å². The van der Waals surface area contributed by atoms with Crippen molar-refractivity contribution in [3.05, 3.63) is 70.3 Å². The molecule has 0 saturated carbocycles. The van der Waals surface area contributed by atoms with Gasteiger partial charge >= 0.3 is 0 Å². The smallest absolute Gasteiger partial charge is 0.276 e. The normalized spacial score (nSPS) is 10.7. The highest BCUT2D eigenvalue weighted by molar-refractivity contribution is 7.71. The number of aromatic amines is 2. The summed E-state index contributed by atoms with van der Waals surface area (Å²) in [6.45, 7) is 0. The molecular formula is C18H14N6O2S2. The van der Waals surface area contributed by atoms with E-state index in [0.717, 1.165) is 5.69 Å². The van der Waals surface area contributed by atoms with E-state index in [4.69, 9.17) is 18.0 Å². The second-order valence-electron chi connectivity index (χ2n) is 5.81. The zero-order chi connectivity index (χ0) is 19.7. The molecule has 0 aliphatic rings. The predicted molar refractivity (Wildman–Crippen MR) is 109 cm³/mol. The maximum absolute atomic E-state index is 12.8. The molecule has 1 aromatic carbocycles. The maximum atomic E-state index is 12.8. The number of aromatic nitrogens is 4. The highest BCUT2D eigenvalue weighted by Crippen LogP contribution is 2.26. The zero-order valence-corrected chi connectivity index (χ0v) is 15.9. The minimum absolute atomic E-state index is 0.294. The Kier molecular flexibility index (Phi) is 4.63. The van der Waals surface area contributed by atoms with Gasteiger partial charge in [0.05, 0.1) is 5.69 Å². The highest BCUT2D eigenvalue weighted by Gasteiger charge is 2.17. The van der Waals surface area contributed by atoms with E-state index in [1.807, 2.05) is 30.3 Å². The lowest BCUT2D eigenvalue weighted by molar-refractivity contribution is 0.0993. The second kappa shape index (κ2) is 7.25. The molecule has 0 atom stereocenters. The van der Waals surface area contributed by atoms with Crippen LogP contribution in [0.3, 0.4) is 0 Å². The van der Waals surface area contributed by atoms with Crippen molar-refractivity contribution in [3.63, 3.8) is 0 Å². The van der Waals surface area contributed by atoms with Crippen molar-refractivity contribution in [1.82, 2.24) is 19.5 Å². The summed E-state index contributed by atoms with van der Waals surface area (Å²) in [7, 11) is 0. The van der Waals surface area contributed by atoms with E-state index in [9.17, 15) is 9.59 Å². The molecule has 0 aliphatic heterocycles. The highest BCUT2D eigenvalue weighted by atomic mass is 32.1. The molecule has 0 spiro atoms. The van der Waals surface area contributed by atoms with Crippen LogP contribution in [0.2, 0.25) is 0 Å². The Balaban J connectivity index is 1.58. The molecular weight excluding hydrogens is 396 g/mol. The summed E-state index contributed by atoms with van der Waals surface area (Å²) >= 11 is 6.58. The van der Waals surface area contributed by atoms with Gasteiger partial charge in [-0.3, -0.25) is 19.5 Å². The van der Waals surface area contributed by atoms with Crippen molar-refractivity contribution >= 4 is 40.5 Å². The average molecular weight is 410 g/mol. The van der Waals surface area contributed by atoms with Crippen LogP contribution < -0.4 is 11.1 Å². The molecule has 0 radical (unpaired) electrons. The van der Waals surface area contributed by atoms with Crippen LogP contribution in [0.25, 0.3) is 16.9 Å². The van der Waals surface area contributed by atoms with Crippen molar-refractivity contribution in [1.29, 1.82) is 0 Å². The molecule has 0 fully saturated rings. The molecule has 0 bridgehead atoms. The summed E-state index contributed by atoms with van der Waals surface area (Å²) < 4.78 is 2.08. The van der Waals surface area contributed by atoms with Crippen molar-refractivity contribution in [2.45, 2.75) is 0 Å². The van der Waals surface area contributed by atoms with Crippen molar-refractivity contribution in [3.8, 4) is 16.9 Å². The number of H-pyrrole nitrogens is 2. The third-order valence-electron chi connectivity index (χ3n) is 3.99. The van der Waals surface area contributed by atoms with Crippen LogP contribution in [-0.4, -0.2) is 31.3 Å². The van der Waals surface area contributed by atoms with E-state index in [1.54, 1.807) is 28.4 Å². The lowest BCUT2D eigenvalue weighted by Crippen LogP contribution is -2.16. The van der Waals surface area contributed by atoms with Gasteiger partial charge in [0.15, 0.2) is 9.90 Å². The van der Waals surface area contributed by atoms with Crippen LogP contribution in [0, 0.1) is 4.77 Å². The second-order valence-corrected chi connectivity index (χ2v) is 7.05. The number of carbonyl (C=O) groups excluding carboxylic acids is 2. The van der Waals surface area contributed by atoms with Crippen LogP contribution in [0.1, 0.15) is 21.0 Å². The van der Waals surface area contributed by atoms with Crippen molar-refractivity contribution in [2.24, 2.45) is 5.73 Å². The summed E-state index contributed by atoms with van der Waals surface area (Å²) in [5, 5.41) is 4.99. The monoisotopic (exact) mass is 410 g/mol. The molecule has 0 aliphatic carbocycles. The first-order chi connectivity index (χ1) is 13.5. The number of imidazole rings is 1. The van der Waals surface area contributed by atoms with Crippen LogP contribution in [0.5, 0.6) is 0 Å². The lowest BCUT2D eigenvalue weighted by Gasteiger charge is -2.07. The van der Waals surface area contributed by atoms with Gasteiger partial charge in [-0.2, -0.15) is 0 Å². The molecule has 140 valence electrons. The van der Waals surface area contributed by atoms with Gasteiger partial charge in [-0.25, -0.2) is 4.98 Å². The van der Waals surface area contributed by atoms with E-state index in [2.05, 4.69) is 20.3 Å². The van der Waals surface area contributed by atoms with Gasteiger partial charge in [0, 0.05) is 29.0 Å². The number of nitrogens with zero attached hydrogens (tertiary/aromatic N) is 2. The molecule has 5 N–H and O–H groups in total. The Labute approximate surface area is 168 Å². The number of nitrogens with one attached hydrogen (secondary N) is 3. The first-order valence-corrected chi connectivity index (χ1v) is 9.43. The number of carbonyl (C=O) groups is 2. The predicted octanol–water partition coefficient (Wildman–Crippen LogP) is 3.34. The lowest BCUT2D eigenvalue weighted by atomic mass is 10.2. The Morgan fingerprint density at radius 1 is 1.18 bits per heavy atom. The number of primary amides is 1. The van der Waals surface area contributed by atoms with Gasteiger partial charge in [-0.05, 0) is 30.4 Å². The number of amides is 2. The largest absolute Gasteiger partial charge is 0.364 e. The molecule has 0 saturated heterocycles. The van der Waals surface area contributed by atoms with Crippen molar-refractivity contribution in [2.75, 3.05) is 5.32 Å². The van der Waals surface area contributed by atoms with Gasteiger partial charge < -0.3 is 15.7 Å². The fourth-order valence-corrected chi connectivity index (χ4v) is 3.66. The number of anilines is 1. The molecule has 2 amide bonds. The zero-order valence-electron chi connectivity index (χ0n) is 14.3. The number of thiazole rings is 1. The standard InChI is InChI=1S/C18H14N6O2S2/c19-15(25)12-6-10(7-20-12)13-9-28-17(22-13)23-16(26)14-8-21-18(27)24(14)11-4-2-1-3-5-11/h1-9,20H,(H2,19,25)(H,21,27)(H,22,23,26). The van der Waals surface area contributed by atoms with Gasteiger partial charge in [-0.15, -0.1) is 11.3 Å². The van der Waals surface area contributed by atoms with Crippen LogP contribution in [0.15, 0.2) is 54.2 Å². The van der Waals surface area contributed by atoms with Gasteiger partial charge in [0.2, 0.25) is 0 Å². The Morgan fingerprint density at radius 2 is 1.96 bits per heavy atom.